The van der Waals surface area contributed by atoms with Gasteiger partial charge in [0.25, 0.3) is 0 Å². The third-order valence-corrected chi connectivity index (χ3v) is 6.36. The van der Waals surface area contributed by atoms with E-state index in [-0.39, 0.29) is 24.5 Å². The predicted octanol–water partition coefficient (Wildman–Crippen LogP) is 5.59. The van der Waals surface area contributed by atoms with Crippen molar-refractivity contribution in [2.24, 2.45) is 4.99 Å². The molecule has 0 spiro atoms. The Balaban J connectivity index is 0.00000261. The minimum Gasteiger partial charge on any atom is -0.330 e. The van der Waals surface area contributed by atoms with Gasteiger partial charge in [0.15, 0.2) is 5.17 Å². The topological polar surface area (TPSA) is 35.9 Å². The predicted molar refractivity (Wildman–Crippen MR) is 119 cm³/mol. The van der Waals surface area contributed by atoms with Crippen LogP contribution in [0.25, 0.3) is 0 Å². The number of aliphatic imine (C=N–C) groups is 1. The van der Waals surface area contributed by atoms with Crippen LogP contribution in [0.15, 0.2) is 29.3 Å². The molecular formula is C20H29Cl2N3OS. The highest BCUT2D eigenvalue weighted by Gasteiger charge is 2.36. The number of amides is 1. The minimum atomic E-state index is 0. The second kappa shape index (κ2) is 10.6. The number of halogens is 2. The van der Waals surface area contributed by atoms with Crippen molar-refractivity contribution in [1.82, 2.24) is 4.90 Å². The fraction of sp³-hybridized carbons (Fsp3) is 0.600. The van der Waals surface area contributed by atoms with Crippen molar-refractivity contribution in [2.45, 2.75) is 64.6 Å². The van der Waals surface area contributed by atoms with Crippen LogP contribution in [0.5, 0.6) is 0 Å². The molecule has 27 heavy (non-hydrogen) atoms. The zero-order chi connectivity index (χ0) is 18.5. The van der Waals surface area contributed by atoms with Crippen molar-refractivity contribution in [1.29, 1.82) is 0 Å². The summed E-state index contributed by atoms with van der Waals surface area (Å²) in [5, 5.41) is 1.80. The van der Waals surface area contributed by atoms with Gasteiger partial charge in [-0.05, 0) is 43.5 Å². The summed E-state index contributed by atoms with van der Waals surface area (Å²) in [6.45, 7) is 4.74. The standard InChI is InChI=1S/C20H28ClN3OS.ClH/c1-3-13-23-19(14-26-20(23)22-17-7-5-4-6-8-17)24(15(2)25)18-11-9-16(21)10-12-18;/h9-12,17,19H,3-8,13-14H2,1-2H3;1H. The highest BCUT2D eigenvalue weighted by Crippen LogP contribution is 2.32. The molecule has 0 bridgehead atoms. The monoisotopic (exact) mass is 429 g/mol. The smallest absolute Gasteiger partial charge is 0.225 e. The minimum absolute atomic E-state index is 0. The lowest BCUT2D eigenvalue weighted by molar-refractivity contribution is -0.117. The van der Waals surface area contributed by atoms with Gasteiger partial charge in [-0.25, -0.2) is 0 Å². The lowest BCUT2D eigenvalue weighted by Crippen LogP contribution is -2.50. The molecule has 0 aromatic heterocycles. The lowest BCUT2D eigenvalue weighted by Gasteiger charge is -2.35. The number of benzene rings is 1. The summed E-state index contributed by atoms with van der Waals surface area (Å²) in [6, 6.07) is 7.99. The lowest BCUT2D eigenvalue weighted by atomic mass is 9.96. The number of carbonyl (C=O) groups is 1. The van der Waals surface area contributed by atoms with Crippen molar-refractivity contribution in [3.05, 3.63) is 29.3 Å². The molecule has 1 heterocycles. The first-order valence-electron chi connectivity index (χ1n) is 9.62. The number of amidine groups is 1. The third kappa shape index (κ3) is 5.55. The van der Waals surface area contributed by atoms with E-state index < -0.39 is 0 Å². The van der Waals surface area contributed by atoms with E-state index in [1.807, 2.05) is 29.2 Å². The molecule has 1 amide bonds. The van der Waals surface area contributed by atoms with Crippen LogP contribution in [0.3, 0.4) is 0 Å². The average Bonchev–Trinajstić information content (AvgIpc) is 3.00. The Bertz CT molecular complexity index is 647. The Kier molecular flexibility index (Phi) is 8.77. The number of thioether (sulfide) groups is 1. The van der Waals surface area contributed by atoms with E-state index in [1.165, 1.54) is 32.1 Å². The van der Waals surface area contributed by atoms with Gasteiger partial charge in [-0.2, -0.15) is 0 Å². The van der Waals surface area contributed by atoms with Crippen LogP contribution in [0.2, 0.25) is 5.02 Å². The Morgan fingerprint density at radius 1 is 1.26 bits per heavy atom. The Hall–Kier alpha value is -0.910. The van der Waals surface area contributed by atoms with Crippen LogP contribution >= 0.6 is 35.8 Å². The molecule has 7 heteroatoms. The Labute approximate surface area is 178 Å². The molecule has 2 fully saturated rings. The van der Waals surface area contributed by atoms with Gasteiger partial charge < -0.3 is 4.90 Å². The second-order valence-electron chi connectivity index (χ2n) is 7.05. The van der Waals surface area contributed by atoms with E-state index in [9.17, 15) is 4.79 Å². The third-order valence-electron chi connectivity index (χ3n) is 5.04. The summed E-state index contributed by atoms with van der Waals surface area (Å²) in [4.78, 5) is 21.8. The number of rotatable bonds is 5. The molecule has 0 radical (unpaired) electrons. The van der Waals surface area contributed by atoms with Gasteiger partial charge in [-0.15, -0.1) is 12.4 Å². The fourth-order valence-corrected chi connectivity index (χ4v) is 5.15. The molecule has 1 saturated carbocycles. The molecule has 0 N–H and O–H groups in total. The zero-order valence-corrected chi connectivity index (χ0v) is 18.5. The average molecular weight is 430 g/mol. The highest BCUT2D eigenvalue weighted by atomic mass is 35.5. The van der Waals surface area contributed by atoms with E-state index in [1.54, 1.807) is 18.7 Å². The van der Waals surface area contributed by atoms with E-state index in [0.717, 1.165) is 29.6 Å². The molecule has 3 rings (SSSR count). The molecule has 1 unspecified atom stereocenters. The maximum Gasteiger partial charge on any atom is 0.225 e. The maximum atomic E-state index is 12.5. The molecule has 2 aliphatic rings. The van der Waals surface area contributed by atoms with Gasteiger partial charge >= 0.3 is 0 Å². The Morgan fingerprint density at radius 3 is 2.52 bits per heavy atom. The first kappa shape index (κ1) is 22.4. The van der Waals surface area contributed by atoms with Crippen molar-refractivity contribution in [3.8, 4) is 0 Å². The largest absolute Gasteiger partial charge is 0.330 e. The first-order valence-corrected chi connectivity index (χ1v) is 11.0. The molecule has 1 aromatic carbocycles. The number of anilines is 1. The van der Waals surface area contributed by atoms with Gasteiger partial charge in [0.2, 0.25) is 5.91 Å². The Morgan fingerprint density at radius 2 is 1.93 bits per heavy atom. The molecule has 4 nitrogen and oxygen atoms in total. The van der Waals surface area contributed by atoms with Crippen LogP contribution in [0.4, 0.5) is 5.69 Å². The summed E-state index contributed by atoms with van der Waals surface area (Å²) in [7, 11) is 0. The highest BCUT2D eigenvalue weighted by molar-refractivity contribution is 8.14. The van der Waals surface area contributed by atoms with Gasteiger partial charge in [0.1, 0.15) is 6.17 Å². The quantitative estimate of drug-likeness (QED) is 0.611. The van der Waals surface area contributed by atoms with Gasteiger partial charge in [0.05, 0.1) is 6.04 Å². The van der Waals surface area contributed by atoms with Crippen LogP contribution in [-0.2, 0) is 4.79 Å². The molecule has 1 saturated heterocycles. The number of carbonyl (C=O) groups excluding carboxylic acids is 1. The molecule has 1 aliphatic carbocycles. The first-order chi connectivity index (χ1) is 12.6. The van der Waals surface area contributed by atoms with E-state index >= 15 is 0 Å². The molecular weight excluding hydrogens is 401 g/mol. The van der Waals surface area contributed by atoms with Gasteiger partial charge in [-0.3, -0.25) is 14.7 Å². The maximum absolute atomic E-state index is 12.5. The normalized spacial score (nSPS) is 22.0. The van der Waals surface area contributed by atoms with Gasteiger partial charge in [0, 0.05) is 29.9 Å². The second-order valence-corrected chi connectivity index (χ2v) is 8.48. The molecule has 150 valence electrons. The van der Waals surface area contributed by atoms with Gasteiger partial charge in [-0.1, -0.05) is 49.5 Å². The summed E-state index contributed by atoms with van der Waals surface area (Å²) in [6.07, 6.45) is 7.35. The number of hydrogen-bond acceptors (Lipinski definition) is 3. The number of hydrogen-bond donors (Lipinski definition) is 0. The molecule has 1 aromatic rings. The SMILES string of the molecule is CCCN1C(=NC2CCCCC2)SCC1N(C(C)=O)c1ccc(Cl)cc1.Cl. The van der Waals surface area contributed by atoms with Crippen LogP contribution in [0.1, 0.15) is 52.4 Å². The zero-order valence-electron chi connectivity index (χ0n) is 16.1. The van der Waals surface area contributed by atoms with Crippen LogP contribution in [0, 0.1) is 0 Å². The van der Waals surface area contributed by atoms with Crippen molar-refractivity contribution in [2.75, 3.05) is 17.2 Å². The molecule has 1 aliphatic heterocycles. The van der Waals surface area contributed by atoms with E-state index in [2.05, 4.69) is 11.8 Å². The van der Waals surface area contributed by atoms with Crippen molar-refractivity contribution < 1.29 is 4.79 Å². The molecule has 1 atom stereocenters. The summed E-state index contributed by atoms with van der Waals surface area (Å²) < 4.78 is 0. The van der Waals surface area contributed by atoms with Crippen LogP contribution in [-0.4, -0.2) is 40.5 Å². The summed E-state index contributed by atoms with van der Waals surface area (Å²) in [5.74, 6) is 0.909. The van der Waals surface area contributed by atoms with E-state index in [4.69, 9.17) is 16.6 Å². The van der Waals surface area contributed by atoms with E-state index in [0.29, 0.717) is 11.1 Å². The number of nitrogens with zero attached hydrogens (tertiary/aromatic N) is 3. The fourth-order valence-electron chi connectivity index (χ4n) is 3.79. The summed E-state index contributed by atoms with van der Waals surface area (Å²) in [5.41, 5.74) is 0.896. The van der Waals surface area contributed by atoms with Crippen molar-refractivity contribution >= 4 is 52.5 Å². The van der Waals surface area contributed by atoms with Crippen molar-refractivity contribution in [3.63, 3.8) is 0 Å². The van der Waals surface area contributed by atoms with Crippen LogP contribution < -0.4 is 4.90 Å². The summed E-state index contributed by atoms with van der Waals surface area (Å²) >= 11 is 7.82.